The summed E-state index contributed by atoms with van der Waals surface area (Å²) < 4.78 is 35.4. The first-order valence-corrected chi connectivity index (χ1v) is 5.66. The Kier molecular flexibility index (Phi) is 5.02. The lowest BCUT2D eigenvalue weighted by atomic mass is 10.2. The normalized spacial score (nSPS) is 11.2. The molecule has 1 aromatic rings. The van der Waals surface area contributed by atoms with Crippen LogP contribution in [0.15, 0.2) is 18.2 Å². The number of methoxy groups -OCH3 is 1. The molecule has 0 aromatic heterocycles. The van der Waals surface area contributed by atoms with Gasteiger partial charge in [0, 0.05) is 12.5 Å². The Hall–Kier alpha value is -1.92. The molecule has 0 heterocycles. The molecule has 0 bridgehead atoms. The van der Waals surface area contributed by atoms with Crippen LogP contribution < -0.4 is 9.47 Å². The van der Waals surface area contributed by atoms with Crippen LogP contribution >= 0.6 is 0 Å². The van der Waals surface area contributed by atoms with Gasteiger partial charge in [-0.3, -0.25) is 10.1 Å². The lowest BCUT2D eigenvalue weighted by Gasteiger charge is -2.12. The number of nitrogens with zero attached hydrogens (tertiary/aromatic N) is 1. The summed E-state index contributed by atoms with van der Waals surface area (Å²) in [6, 6.07) is 3.90. The van der Waals surface area contributed by atoms with Crippen molar-refractivity contribution in [3.05, 3.63) is 28.3 Å². The Morgan fingerprint density at radius 3 is 2.58 bits per heavy atom. The number of hydrogen-bond acceptors (Lipinski definition) is 4. The Morgan fingerprint density at radius 1 is 1.37 bits per heavy atom. The van der Waals surface area contributed by atoms with Crippen molar-refractivity contribution in [3.8, 4) is 11.5 Å². The predicted molar refractivity (Wildman–Crippen MR) is 65.0 cm³/mol. The summed E-state index contributed by atoms with van der Waals surface area (Å²) in [7, 11) is 1.40. The van der Waals surface area contributed by atoms with Gasteiger partial charge in [0.1, 0.15) is 0 Å². The smallest absolute Gasteiger partial charge is 0.273 e. The topological polar surface area (TPSA) is 61.6 Å². The van der Waals surface area contributed by atoms with Crippen molar-refractivity contribution in [2.45, 2.75) is 25.7 Å². The average molecular weight is 275 g/mol. The maximum atomic E-state index is 12.6. The molecule has 0 spiro atoms. The molecule has 0 unspecified atom stereocenters. The number of ether oxygens (including phenoxy) is 2. The fourth-order valence-corrected chi connectivity index (χ4v) is 1.46. The number of nitro groups is 1. The van der Waals surface area contributed by atoms with Crippen molar-refractivity contribution >= 4 is 5.69 Å². The highest BCUT2D eigenvalue weighted by atomic mass is 19.3. The first-order valence-electron chi connectivity index (χ1n) is 5.66. The molecule has 0 aliphatic rings. The lowest BCUT2D eigenvalue weighted by molar-refractivity contribution is -0.385. The molecular weight excluding hydrogens is 260 g/mol. The van der Waals surface area contributed by atoms with Gasteiger partial charge in [0.25, 0.3) is 5.69 Å². The van der Waals surface area contributed by atoms with E-state index in [9.17, 15) is 18.9 Å². The molecule has 0 fully saturated rings. The van der Waals surface area contributed by atoms with Gasteiger partial charge in [-0.05, 0) is 19.4 Å². The molecule has 19 heavy (non-hydrogen) atoms. The van der Waals surface area contributed by atoms with Gasteiger partial charge in [-0.15, -0.1) is 0 Å². The first kappa shape index (κ1) is 15.1. The van der Waals surface area contributed by atoms with E-state index in [-0.39, 0.29) is 30.9 Å². The molecule has 0 saturated carbocycles. The fourth-order valence-electron chi connectivity index (χ4n) is 1.46. The van der Waals surface area contributed by atoms with E-state index < -0.39 is 10.8 Å². The number of rotatable bonds is 7. The predicted octanol–water partition coefficient (Wildman–Crippen LogP) is 3.42. The highest BCUT2D eigenvalue weighted by molar-refractivity contribution is 5.48. The third kappa shape index (κ3) is 5.07. The molecule has 0 N–H and O–H groups in total. The maximum absolute atomic E-state index is 12.6. The third-order valence-electron chi connectivity index (χ3n) is 2.38. The van der Waals surface area contributed by atoms with Crippen LogP contribution in [0.3, 0.4) is 0 Å². The molecule has 0 atom stereocenters. The zero-order valence-electron chi connectivity index (χ0n) is 10.7. The van der Waals surface area contributed by atoms with Gasteiger partial charge in [0.2, 0.25) is 5.92 Å². The van der Waals surface area contributed by atoms with E-state index in [0.717, 1.165) is 6.92 Å². The lowest BCUT2D eigenvalue weighted by Crippen LogP contribution is -2.11. The van der Waals surface area contributed by atoms with Crippen LogP contribution in [0.25, 0.3) is 0 Å². The van der Waals surface area contributed by atoms with Gasteiger partial charge < -0.3 is 9.47 Å². The van der Waals surface area contributed by atoms with Crippen LogP contribution in [0.1, 0.15) is 19.8 Å². The summed E-state index contributed by atoms with van der Waals surface area (Å²) in [6.45, 7) is 0.877. The van der Waals surface area contributed by atoms with Crippen molar-refractivity contribution in [3.63, 3.8) is 0 Å². The Morgan fingerprint density at radius 2 is 2.05 bits per heavy atom. The minimum absolute atomic E-state index is 0.0426. The second-order valence-corrected chi connectivity index (χ2v) is 4.11. The van der Waals surface area contributed by atoms with Crippen LogP contribution in [0.5, 0.6) is 11.5 Å². The summed E-state index contributed by atoms with van der Waals surface area (Å²) in [5.41, 5.74) is -0.142. The van der Waals surface area contributed by atoms with E-state index in [4.69, 9.17) is 9.47 Å². The molecule has 1 aromatic carbocycles. The third-order valence-corrected chi connectivity index (χ3v) is 2.38. The van der Waals surface area contributed by atoms with Gasteiger partial charge in [-0.25, -0.2) is 8.78 Å². The van der Waals surface area contributed by atoms with Crippen LogP contribution in [-0.2, 0) is 0 Å². The molecule has 0 radical (unpaired) electrons. The Balaban J connectivity index is 2.65. The highest BCUT2D eigenvalue weighted by Crippen LogP contribution is 2.31. The van der Waals surface area contributed by atoms with Crippen LogP contribution in [0, 0.1) is 10.1 Å². The summed E-state index contributed by atoms with van der Waals surface area (Å²) in [6.07, 6.45) is -0.153. The number of benzene rings is 1. The molecule has 106 valence electrons. The second kappa shape index (κ2) is 6.31. The van der Waals surface area contributed by atoms with E-state index in [0.29, 0.717) is 5.75 Å². The molecule has 0 aliphatic carbocycles. The van der Waals surface area contributed by atoms with E-state index in [1.807, 2.05) is 0 Å². The molecular formula is C12H15F2NO4. The van der Waals surface area contributed by atoms with E-state index in [2.05, 4.69) is 0 Å². The zero-order chi connectivity index (χ0) is 14.5. The molecule has 0 amide bonds. The van der Waals surface area contributed by atoms with Gasteiger partial charge in [-0.1, -0.05) is 0 Å². The van der Waals surface area contributed by atoms with Crippen molar-refractivity contribution < 1.29 is 23.2 Å². The minimum atomic E-state index is -2.74. The maximum Gasteiger partial charge on any atom is 0.273 e. The minimum Gasteiger partial charge on any atom is -0.493 e. The van der Waals surface area contributed by atoms with Crippen LogP contribution in [0.2, 0.25) is 0 Å². The highest BCUT2D eigenvalue weighted by Gasteiger charge is 2.20. The van der Waals surface area contributed by atoms with E-state index >= 15 is 0 Å². The molecule has 0 saturated heterocycles. The zero-order valence-corrected chi connectivity index (χ0v) is 10.7. The van der Waals surface area contributed by atoms with Crippen LogP contribution in [-0.4, -0.2) is 24.6 Å². The van der Waals surface area contributed by atoms with Gasteiger partial charge >= 0.3 is 0 Å². The monoisotopic (exact) mass is 275 g/mol. The summed E-state index contributed by atoms with van der Waals surface area (Å²) in [4.78, 5) is 10.1. The van der Waals surface area contributed by atoms with Crippen LogP contribution in [0.4, 0.5) is 14.5 Å². The number of non-ortho nitro benzene ring substituents is 1. The number of hydrogen-bond donors (Lipinski definition) is 0. The standard InChI is InChI=1S/C12H15F2NO4/c1-12(13,14)6-3-7-19-11-8-9(15(16)17)4-5-10(11)18-2/h4-5,8H,3,6-7H2,1-2H3. The largest absolute Gasteiger partial charge is 0.493 e. The van der Waals surface area contributed by atoms with E-state index in [1.165, 1.54) is 25.3 Å². The molecule has 1 rings (SSSR count). The number of halogens is 2. The summed E-state index contributed by atoms with van der Waals surface area (Å²) in [5.74, 6) is -2.24. The molecule has 0 aliphatic heterocycles. The van der Waals surface area contributed by atoms with Gasteiger partial charge in [0.15, 0.2) is 11.5 Å². The van der Waals surface area contributed by atoms with Gasteiger partial charge in [-0.2, -0.15) is 0 Å². The van der Waals surface area contributed by atoms with E-state index in [1.54, 1.807) is 0 Å². The van der Waals surface area contributed by atoms with Crippen molar-refractivity contribution in [1.29, 1.82) is 0 Å². The SMILES string of the molecule is COc1ccc([N+](=O)[O-])cc1OCCCC(C)(F)F. The first-order chi connectivity index (χ1) is 8.83. The average Bonchev–Trinajstić information content (AvgIpc) is 2.33. The molecule has 7 heteroatoms. The van der Waals surface area contributed by atoms with Crippen molar-refractivity contribution in [2.24, 2.45) is 0 Å². The summed E-state index contributed by atoms with van der Waals surface area (Å²) in [5, 5.41) is 10.6. The Bertz CT molecular complexity index is 446. The van der Waals surface area contributed by atoms with Crippen molar-refractivity contribution in [2.75, 3.05) is 13.7 Å². The number of alkyl halides is 2. The van der Waals surface area contributed by atoms with Crippen molar-refractivity contribution in [1.82, 2.24) is 0 Å². The summed E-state index contributed by atoms with van der Waals surface area (Å²) >= 11 is 0. The second-order valence-electron chi connectivity index (χ2n) is 4.11. The quantitative estimate of drug-likeness (QED) is 0.434. The van der Waals surface area contributed by atoms with Gasteiger partial charge in [0.05, 0.1) is 24.7 Å². The Labute approximate surface area is 109 Å². The molecule has 5 nitrogen and oxygen atoms in total. The fraction of sp³-hybridized carbons (Fsp3) is 0.500. The number of nitro benzene ring substituents is 1.